The van der Waals surface area contributed by atoms with Crippen molar-refractivity contribution in [2.24, 2.45) is 5.92 Å². The molecular weight excluding hydrogens is 700 g/mol. The second kappa shape index (κ2) is 16.9. The average Bonchev–Trinajstić information content (AvgIpc) is 2.90. The SMILES string of the molecule is CNC1[C@H](O[C@H]2C(C(=O)[O-])OCC(C)[C@@H]2O)OC(COS(=O)(=O)[O-])C[C@H]1O.O=S(=O)([O-])NC1C(O)OC(COS(=O)(=O)[O-])C[C@H]1O. The predicted octanol–water partition coefficient (Wildman–Crippen LogP) is -7.59. The summed E-state index contributed by atoms with van der Waals surface area (Å²) in [6, 6.07) is -2.42. The van der Waals surface area contributed by atoms with Gasteiger partial charge in [-0.15, -0.1) is 0 Å². The molecule has 0 radical (unpaired) electrons. The molecule has 3 aliphatic heterocycles. The van der Waals surface area contributed by atoms with Gasteiger partial charge < -0.3 is 68.2 Å². The van der Waals surface area contributed by atoms with E-state index in [2.05, 4.69) is 13.7 Å². The lowest BCUT2D eigenvalue weighted by atomic mass is 9.93. The molecule has 6 N–H and O–H groups in total. The van der Waals surface area contributed by atoms with Gasteiger partial charge in [0.25, 0.3) is 0 Å². The number of nitrogens with one attached hydrogen (secondary N) is 2. The summed E-state index contributed by atoms with van der Waals surface area (Å²) in [6.07, 6.45) is -12.5. The van der Waals surface area contributed by atoms with Crippen LogP contribution >= 0.6 is 0 Å². The summed E-state index contributed by atoms with van der Waals surface area (Å²) < 4.78 is 124. The number of likely N-dealkylation sites (N-methyl/N-ethyl adjacent to an activating group) is 1. The maximum absolute atomic E-state index is 11.3. The van der Waals surface area contributed by atoms with E-state index < -0.39 is 124 Å². The summed E-state index contributed by atoms with van der Waals surface area (Å²) >= 11 is 0. The number of aliphatic carboxylic acids is 1. The lowest BCUT2D eigenvalue weighted by Gasteiger charge is -2.45. The highest BCUT2D eigenvalue weighted by Crippen LogP contribution is 2.29. The minimum absolute atomic E-state index is 0.0128. The van der Waals surface area contributed by atoms with Crippen LogP contribution in [0.4, 0.5) is 0 Å². The molecule has 0 aromatic heterocycles. The summed E-state index contributed by atoms with van der Waals surface area (Å²) in [5.74, 6) is -2.02. The minimum atomic E-state index is -4.96. The van der Waals surface area contributed by atoms with Gasteiger partial charge in [-0.05, 0) is 7.05 Å². The third-order valence-corrected chi connectivity index (χ3v) is 8.20. The number of carbonyl (C=O) groups excluding carboxylic acids is 1. The number of carbonyl (C=O) groups is 1. The number of hydrogen-bond acceptors (Lipinski definition) is 22. The Kier molecular flexibility index (Phi) is 15.0. The van der Waals surface area contributed by atoms with Crippen molar-refractivity contribution in [2.75, 3.05) is 26.9 Å². The van der Waals surface area contributed by atoms with Crippen molar-refractivity contribution in [1.29, 1.82) is 0 Å². The fourth-order valence-corrected chi connectivity index (χ4v) is 5.86. The molecule has 3 heterocycles. The van der Waals surface area contributed by atoms with E-state index in [-0.39, 0.29) is 19.4 Å². The van der Waals surface area contributed by atoms with Crippen LogP contribution in [-0.2, 0) is 63.2 Å². The Labute approximate surface area is 263 Å². The Morgan fingerprint density at radius 1 is 0.870 bits per heavy atom. The van der Waals surface area contributed by atoms with Crippen molar-refractivity contribution in [1.82, 2.24) is 10.0 Å². The van der Waals surface area contributed by atoms with Gasteiger partial charge in [0.1, 0.15) is 12.2 Å². The first-order chi connectivity index (χ1) is 21.0. The van der Waals surface area contributed by atoms with Crippen LogP contribution in [0.3, 0.4) is 0 Å². The fourth-order valence-electron chi connectivity index (χ4n) is 4.61. The normalized spacial score (nSPS) is 37.6. The molecular formula is C20H34N2O21S3-4. The van der Waals surface area contributed by atoms with Gasteiger partial charge in [0.05, 0.1) is 68.4 Å². The minimum Gasteiger partial charge on any atom is -0.735 e. The van der Waals surface area contributed by atoms with Gasteiger partial charge in [-0.1, -0.05) is 6.92 Å². The number of carboxylic acid groups (broad SMARTS) is 1. The quantitative estimate of drug-likeness (QED) is 0.0800. The van der Waals surface area contributed by atoms with E-state index in [0.29, 0.717) is 0 Å². The third-order valence-electron chi connectivity index (χ3n) is 6.79. The molecule has 3 rings (SSSR count). The smallest absolute Gasteiger partial charge is 0.217 e. The van der Waals surface area contributed by atoms with Crippen molar-refractivity contribution in [3.05, 3.63) is 0 Å². The number of rotatable bonds is 12. The van der Waals surface area contributed by atoms with Crippen molar-refractivity contribution < 1.29 is 96.6 Å². The van der Waals surface area contributed by atoms with E-state index in [1.807, 2.05) is 0 Å². The maximum atomic E-state index is 11.3. The Bertz CT molecular complexity index is 1300. The van der Waals surface area contributed by atoms with Crippen LogP contribution in [0.1, 0.15) is 19.8 Å². The number of ether oxygens (including phenoxy) is 4. The standard InChI is InChI=1S/C14H25NO11S.C6H13NO10S2/c1-6-4-23-12(13(18)19)11(10(6)17)26-14-9(15-2)8(16)3-7(25-14)5-24-27(20,21)22;8-4-1-3(2-16-19(13,14)15)17-6(9)5(4)7-18(10,11)12/h6-12,14-17H,3-5H2,1-2H3,(H,18,19)(H,20,21,22);3-9H,1-2H2,(H,10,11,12)(H,13,14,15)/p-4/t6?,7?,8-,9?,10+,11-,12?,14+;3?,4-,5?,6?/m11/s1. The largest absolute Gasteiger partial charge is 0.735 e. The van der Waals surface area contributed by atoms with E-state index in [1.54, 1.807) is 6.92 Å². The van der Waals surface area contributed by atoms with Crippen LogP contribution in [-0.4, -0.2) is 160 Å². The summed E-state index contributed by atoms with van der Waals surface area (Å²) in [4.78, 5) is 11.3. The molecule has 3 saturated heterocycles. The number of hydrogen-bond donors (Lipinski definition) is 6. The second-order valence-corrected chi connectivity index (χ2v) is 13.6. The van der Waals surface area contributed by atoms with Gasteiger partial charge in [0, 0.05) is 18.8 Å². The average molecular weight is 735 g/mol. The first-order valence-electron chi connectivity index (χ1n) is 13.1. The van der Waals surface area contributed by atoms with E-state index in [9.17, 15) is 69.2 Å². The summed E-state index contributed by atoms with van der Waals surface area (Å²) in [5, 5.41) is 53.5. The van der Waals surface area contributed by atoms with Crippen molar-refractivity contribution in [2.45, 2.75) is 87.2 Å². The van der Waals surface area contributed by atoms with Crippen LogP contribution < -0.4 is 15.1 Å². The molecule has 23 nitrogen and oxygen atoms in total. The van der Waals surface area contributed by atoms with Crippen LogP contribution in [0.25, 0.3) is 0 Å². The third kappa shape index (κ3) is 13.3. The zero-order chi connectivity index (χ0) is 35.2. The molecule has 0 amide bonds. The molecule has 272 valence electrons. The Morgan fingerprint density at radius 3 is 1.80 bits per heavy atom. The van der Waals surface area contributed by atoms with Crippen LogP contribution in [0.5, 0.6) is 0 Å². The van der Waals surface area contributed by atoms with E-state index in [4.69, 9.17) is 18.9 Å². The number of aliphatic hydroxyl groups is 4. The lowest BCUT2D eigenvalue weighted by Crippen LogP contribution is -2.62. The summed E-state index contributed by atoms with van der Waals surface area (Å²) in [5.41, 5.74) is 0. The molecule has 26 heteroatoms. The first-order valence-corrected chi connectivity index (χ1v) is 17.2. The molecule has 7 unspecified atom stereocenters. The van der Waals surface area contributed by atoms with Gasteiger partial charge in [-0.2, -0.15) is 0 Å². The summed E-state index contributed by atoms with van der Waals surface area (Å²) in [6.45, 7) is 0.218. The molecule has 3 fully saturated rings. The zero-order valence-electron chi connectivity index (χ0n) is 23.9. The van der Waals surface area contributed by atoms with Gasteiger partial charge in [-0.25, -0.2) is 30.0 Å². The summed E-state index contributed by atoms with van der Waals surface area (Å²) in [7, 11) is -13.3. The maximum Gasteiger partial charge on any atom is 0.217 e. The topological polar surface area (TPSA) is 372 Å². The van der Waals surface area contributed by atoms with E-state index in [1.165, 1.54) is 11.8 Å². The molecule has 0 bridgehead atoms. The van der Waals surface area contributed by atoms with Crippen molar-refractivity contribution >= 4 is 37.1 Å². The van der Waals surface area contributed by atoms with Crippen LogP contribution in [0.15, 0.2) is 0 Å². The van der Waals surface area contributed by atoms with Crippen LogP contribution in [0.2, 0.25) is 0 Å². The molecule has 0 aromatic rings. The Hall–Kier alpha value is -1.28. The molecule has 46 heavy (non-hydrogen) atoms. The van der Waals surface area contributed by atoms with Crippen LogP contribution in [0, 0.1) is 5.92 Å². The van der Waals surface area contributed by atoms with Gasteiger partial charge in [0.2, 0.25) is 20.8 Å². The molecule has 3 aliphatic rings. The van der Waals surface area contributed by atoms with Gasteiger partial charge in [-0.3, -0.25) is 8.37 Å². The predicted molar refractivity (Wildman–Crippen MR) is 136 cm³/mol. The van der Waals surface area contributed by atoms with Gasteiger partial charge in [0.15, 0.2) is 22.9 Å². The van der Waals surface area contributed by atoms with Gasteiger partial charge >= 0.3 is 0 Å². The molecule has 0 saturated carbocycles. The lowest BCUT2D eigenvalue weighted by molar-refractivity contribution is -0.338. The zero-order valence-corrected chi connectivity index (χ0v) is 26.4. The van der Waals surface area contributed by atoms with E-state index >= 15 is 0 Å². The highest BCUT2D eigenvalue weighted by Gasteiger charge is 2.45. The highest BCUT2D eigenvalue weighted by molar-refractivity contribution is 7.83. The fraction of sp³-hybridized carbons (Fsp3) is 0.950. The second-order valence-electron chi connectivity index (χ2n) is 10.3. The first kappa shape index (κ1) is 40.9. The molecule has 0 spiro atoms. The van der Waals surface area contributed by atoms with Crippen molar-refractivity contribution in [3.8, 4) is 0 Å². The van der Waals surface area contributed by atoms with Crippen molar-refractivity contribution in [3.63, 3.8) is 0 Å². The number of carboxylic acids is 1. The highest BCUT2D eigenvalue weighted by atomic mass is 32.3. The van der Waals surface area contributed by atoms with E-state index in [0.717, 1.165) is 0 Å². The molecule has 12 atom stereocenters. The monoisotopic (exact) mass is 734 g/mol. The Morgan fingerprint density at radius 2 is 1.37 bits per heavy atom. The molecule has 0 aromatic carbocycles. The molecule has 0 aliphatic carbocycles. The Balaban J connectivity index is 0.000000341. The number of aliphatic hydroxyl groups excluding tert-OH is 4.